The first-order chi connectivity index (χ1) is 11.1. The number of pyridine rings is 1. The minimum absolute atomic E-state index is 0.0233. The van der Waals surface area contributed by atoms with Crippen LogP contribution >= 0.6 is 0 Å². The van der Waals surface area contributed by atoms with Gasteiger partial charge in [0.1, 0.15) is 12.1 Å². The van der Waals surface area contributed by atoms with Crippen LogP contribution in [0.4, 0.5) is 0 Å². The summed E-state index contributed by atoms with van der Waals surface area (Å²) >= 11 is 0. The van der Waals surface area contributed by atoms with Gasteiger partial charge in [0.2, 0.25) is 5.91 Å². The molecule has 0 saturated carbocycles. The minimum atomic E-state index is -0.477. The SMILES string of the molecule is C[C@H]1CC(NC(=O)[C@H]2CCCCN2C(=O)c2cccnc2)=NO1. The van der Waals surface area contributed by atoms with Gasteiger partial charge in [-0.15, -0.1) is 0 Å². The van der Waals surface area contributed by atoms with Gasteiger partial charge in [-0.1, -0.05) is 5.16 Å². The Morgan fingerprint density at radius 2 is 2.26 bits per heavy atom. The van der Waals surface area contributed by atoms with Gasteiger partial charge in [-0.2, -0.15) is 0 Å². The molecule has 1 saturated heterocycles. The third-order valence-electron chi connectivity index (χ3n) is 4.07. The van der Waals surface area contributed by atoms with Crippen molar-refractivity contribution >= 4 is 17.6 Å². The van der Waals surface area contributed by atoms with Crippen LogP contribution in [0.15, 0.2) is 29.7 Å². The van der Waals surface area contributed by atoms with Crippen molar-refractivity contribution in [2.24, 2.45) is 5.16 Å². The van der Waals surface area contributed by atoms with E-state index in [4.69, 9.17) is 4.84 Å². The van der Waals surface area contributed by atoms with Gasteiger partial charge in [0.15, 0.2) is 5.84 Å². The number of piperidine rings is 1. The third kappa shape index (κ3) is 3.49. The van der Waals surface area contributed by atoms with E-state index in [0.717, 1.165) is 12.8 Å². The van der Waals surface area contributed by atoms with Crippen LogP contribution in [0.5, 0.6) is 0 Å². The number of carbonyl (C=O) groups excluding carboxylic acids is 2. The zero-order valence-electron chi connectivity index (χ0n) is 13.1. The molecule has 0 unspecified atom stereocenters. The number of oxime groups is 1. The zero-order valence-corrected chi connectivity index (χ0v) is 13.1. The summed E-state index contributed by atoms with van der Waals surface area (Å²) in [5.41, 5.74) is 0.502. The van der Waals surface area contributed by atoms with Crippen molar-refractivity contribution in [3.8, 4) is 0 Å². The number of nitrogens with one attached hydrogen (secondary N) is 1. The average Bonchev–Trinajstić information content (AvgIpc) is 3.00. The number of amidine groups is 1. The maximum atomic E-state index is 12.7. The van der Waals surface area contributed by atoms with Crippen LogP contribution in [-0.4, -0.2) is 46.2 Å². The molecule has 1 aromatic rings. The summed E-state index contributed by atoms with van der Waals surface area (Å²) < 4.78 is 0. The Balaban J connectivity index is 1.71. The molecule has 0 aromatic carbocycles. The normalized spacial score (nSPS) is 23.9. The highest BCUT2D eigenvalue weighted by atomic mass is 16.6. The lowest BCUT2D eigenvalue weighted by Gasteiger charge is -2.34. The molecule has 3 heterocycles. The van der Waals surface area contributed by atoms with Crippen molar-refractivity contribution in [3.63, 3.8) is 0 Å². The Bertz CT molecular complexity index is 617. The number of rotatable bonds is 2. The smallest absolute Gasteiger partial charge is 0.256 e. The van der Waals surface area contributed by atoms with E-state index in [2.05, 4.69) is 15.5 Å². The van der Waals surface area contributed by atoms with Gasteiger partial charge < -0.3 is 15.1 Å². The molecule has 2 aliphatic rings. The Labute approximate surface area is 134 Å². The van der Waals surface area contributed by atoms with E-state index in [0.29, 0.717) is 30.8 Å². The van der Waals surface area contributed by atoms with Gasteiger partial charge in [-0.25, -0.2) is 0 Å². The molecular weight excluding hydrogens is 296 g/mol. The van der Waals surface area contributed by atoms with Crippen molar-refractivity contribution < 1.29 is 14.4 Å². The van der Waals surface area contributed by atoms with E-state index >= 15 is 0 Å². The van der Waals surface area contributed by atoms with Crippen LogP contribution in [-0.2, 0) is 9.63 Å². The van der Waals surface area contributed by atoms with Crippen LogP contribution in [0, 0.1) is 0 Å². The lowest BCUT2D eigenvalue weighted by molar-refractivity contribution is -0.125. The molecule has 0 spiro atoms. The van der Waals surface area contributed by atoms with Crippen molar-refractivity contribution in [2.45, 2.75) is 44.8 Å². The van der Waals surface area contributed by atoms with Gasteiger partial charge in [0.25, 0.3) is 5.91 Å². The molecule has 0 bridgehead atoms. The monoisotopic (exact) mass is 316 g/mol. The second-order valence-electron chi connectivity index (χ2n) is 5.90. The number of hydrogen-bond acceptors (Lipinski definition) is 5. The van der Waals surface area contributed by atoms with E-state index in [-0.39, 0.29) is 17.9 Å². The quantitative estimate of drug-likeness (QED) is 0.892. The Hall–Kier alpha value is -2.44. The summed E-state index contributed by atoms with van der Waals surface area (Å²) in [5, 5.41) is 6.64. The van der Waals surface area contributed by atoms with E-state index in [1.165, 1.54) is 6.20 Å². The molecule has 7 heteroatoms. The zero-order chi connectivity index (χ0) is 16.2. The largest absolute Gasteiger partial charge is 0.391 e. The number of nitrogens with zero attached hydrogens (tertiary/aromatic N) is 3. The molecule has 1 N–H and O–H groups in total. The van der Waals surface area contributed by atoms with Gasteiger partial charge in [-0.05, 0) is 38.3 Å². The Kier molecular flexibility index (Phi) is 4.55. The molecule has 1 aromatic heterocycles. The van der Waals surface area contributed by atoms with Crippen molar-refractivity contribution in [3.05, 3.63) is 30.1 Å². The molecular formula is C16H20N4O3. The maximum absolute atomic E-state index is 12.7. The van der Waals surface area contributed by atoms with E-state index in [1.807, 2.05) is 6.92 Å². The topological polar surface area (TPSA) is 83.9 Å². The Morgan fingerprint density at radius 3 is 2.96 bits per heavy atom. The van der Waals surface area contributed by atoms with Crippen molar-refractivity contribution in [2.75, 3.05) is 6.54 Å². The minimum Gasteiger partial charge on any atom is -0.391 e. The number of hydrogen-bond donors (Lipinski definition) is 1. The number of carbonyl (C=O) groups is 2. The fourth-order valence-electron chi connectivity index (χ4n) is 2.90. The maximum Gasteiger partial charge on any atom is 0.256 e. The average molecular weight is 316 g/mol. The summed E-state index contributed by atoms with van der Waals surface area (Å²) in [6.07, 6.45) is 6.19. The van der Waals surface area contributed by atoms with E-state index in [9.17, 15) is 9.59 Å². The molecule has 2 atom stereocenters. The van der Waals surface area contributed by atoms with Crippen LogP contribution in [0.2, 0.25) is 0 Å². The molecule has 1 fully saturated rings. The van der Waals surface area contributed by atoms with Gasteiger partial charge >= 0.3 is 0 Å². The summed E-state index contributed by atoms with van der Waals surface area (Å²) in [6.45, 7) is 2.46. The predicted molar refractivity (Wildman–Crippen MR) is 83.7 cm³/mol. The van der Waals surface area contributed by atoms with Gasteiger partial charge in [0, 0.05) is 25.4 Å². The van der Waals surface area contributed by atoms with Crippen molar-refractivity contribution in [1.29, 1.82) is 0 Å². The highest BCUT2D eigenvalue weighted by molar-refractivity contribution is 6.03. The van der Waals surface area contributed by atoms with Crippen LogP contribution in [0.1, 0.15) is 43.0 Å². The van der Waals surface area contributed by atoms with Gasteiger partial charge in [-0.3, -0.25) is 14.6 Å². The summed E-state index contributed by atoms with van der Waals surface area (Å²) in [7, 11) is 0. The fraction of sp³-hybridized carbons (Fsp3) is 0.500. The number of aromatic nitrogens is 1. The molecule has 2 amide bonds. The number of likely N-dealkylation sites (tertiary alicyclic amines) is 1. The first-order valence-corrected chi connectivity index (χ1v) is 7.89. The van der Waals surface area contributed by atoms with E-state index < -0.39 is 6.04 Å². The second-order valence-corrected chi connectivity index (χ2v) is 5.90. The summed E-state index contributed by atoms with van der Waals surface area (Å²) in [5.74, 6) is 0.177. The second kappa shape index (κ2) is 6.76. The molecule has 23 heavy (non-hydrogen) atoms. The van der Waals surface area contributed by atoms with Crippen molar-refractivity contribution in [1.82, 2.24) is 15.2 Å². The van der Waals surface area contributed by atoms with Crippen LogP contribution < -0.4 is 5.32 Å². The lowest BCUT2D eigenvalue weighted by Crippen LogP contribution is -2.52. The highest BCUT2D eigenvalue weighted by Crippen LogP contribution is 2.20. The molecule has 3 rings (SSSR count). The van der Waals surface area contributed by atoms with Gasteiger partial charge in [0.05, 0.1) is 5.56 Å². The molecule has 0 aliphatic carbocycles. The Morgan fingerprint density at radius 1 is 1.39 bits per heavy atom. The van der Waals surface area contributed by atoms with E-state index in [1.54, 1.807) is 23.2 Å². The summed E-state index contributed by atoms with van der Waals surface area (Å²) in [6, 6.07) is 2.96. The number of amides is 2. The fourth-order valence-corrected chi connectivity index (χ4v) is 2.90. The molecule has 2 aliphatic heterocycles. The lowest BCUT2D eigenvalue weighted by atomic mass is 10.00. The first kappa shape index (κ1) is 15.5. The van der Waals surface area contributed by atoms with Crippen LogP contribution in [0.25, 0.3) is 0 Å². The third-order valence-corrected chi connectivity index (χ3v) is 4.07. The highest BCUT2D eigenvalue weighted by Gasteiger charge is 2.33. The molecule has 0 radical (unpaired) electrons. The van der Waals surface area contributed by atoms with Crippen LogP contribution in [0.3, 0.4) is 0 Å². The molecule has 122 valence electrons. The predicted octanol–water partition coefficient (Wildman–Crippen LogP) is 1.31. The first-order valence-electron chi connectivity index (χ1n) is 7.89. The molecule has 7 nitrogen and oxygen atoms in total. The standard InChI is InChI=1S/C16H20N4O3/c1-11-9-14(19-23-11)18-15(21)13-6-2-3-8-20(13)16(22)12-5-4-7-17-10-12/h4-5,7,10-11,13H,2-3,6,8-9H2,1H3,(H,18,19,21)/t11-,13+/m0/s1. The summed E-state index contributed by atoms with van der Waals surface area (Å²) in [4.78, 5) is 35.9.